The fraction of sp³-hybridized carbons (Fsp3) is 0.500. The molecular formula is C4H10N2. The number of allylic oxidation sites excluding steroid dienone is 1. The van der Waals surface area contributed by atoms with Crippen molar-refractivity contribution in [2.75, 3.05) is 0 Å². The van der Waals surface area contributed by atoms with Crippen LogP contribution in [0.1, 0.15) is 6.92 Å². The highest BCUT2D eigenvalue weighted by molar-refractivity contribution is 4.83. The zero-order valence-electron chi connectivity index (χ0n) is 3.89. The largest absolute Gasteiger partial charge is 0.313 e. The van der Waals surface area contributed by atoms with Gasteiger partial charge in [-0.05, 0) is 6.92 Å². The van der Waals surface area contributed by atoms with Crippen molar-refractivity contribution in [2.45, 2.75) is 13.1 Å². The second-order valence-electron chi connectivity index (χ2n) is 1.10. The molecule has 0 aliphatic carbocycles. The molecule has 36 valence electrons. The molecule has 0 spiro atoms. The van der Waals surface area contributed by atoms with Crippen molar-refractivity contribution >= 4 is 0 Å². The Balaban J connectivity index is 3.03. The fourth-order valence-corrected chi connectivity index (χ4v) is 0.222. The van der Waals surface area contributed by atoms with E-state index in [4.69, 9.17) is 11.5 Å². The van der Waals surface area contributed by atoms with Crippen LogP contribution in [0.3, 0.4) is 0 Å². The zero-order chi connectivity index (χ0) is 4.99. The van der Waals surface area contributed by atoms with Gasteiger partial charge in [-0.15, -0.1) is 0 Å². The van der Waals surface area contributed by atoms with Crippen LogP contribution >= 0.6 is 0 Å². The summed E-state index contributed by atoms with van der Waals surface area (Å²) in [5.41, 5.74) is 10.2. The maximum Gasteiger partial charge on any atom is 0.0713 e. The van der Waals surface area contributed by atoms with Crippen molar-refractivity contribution in [1.29, 1.82) is 0 Å². The molecular weight excluding hydrogens is 76.1 g/mol. The van der Waals surface area contributed by atoms with Crippen molar-refractivity contribution < 1.29 is 0 Å². The molecule has 0 bridgehead atoms. The number of rotatable bonds is 1. The number of hydrogen-bond donors (Lipinski definition) is 2. The van der Waals surface area contributed by atoms with Gasteiger partial charge in [0.25, 0.3) is 0 Å². The predicted molar refractivity (Wildman–Crippen MR) is 27.0 cm³/mol. The lowest BCUT2D eigenvalue weighted by Gasteiger charge is -1.89. The Morgan fingerprint density at radius 3 is 2.00 bits per heavy atom. The molecule has 0 heterocycles. The van der Waals surface area contributed by atoms with E-state index in [0.29, 0.717) is 0 Å². The van der Waals surface area contributed by atoms with Crippen LogP contribution in [0.5, 0.6) is 0 Å². The van der Waals surface area contributed by atoms with Crippen molar-refractivity contribution in [3.8, 4) is 0 Å². The molecule has 0 unspecified atom stereocenters. The van der Waals surface area contributed by atoms with Gasteiger partial charge in [-0.1, -0.05) is 12.2 Å². The van der Waals surface area contributed by atoms with Crippen LogP contribution in [0.2, 0.25) is 0 Å². The first-order chi connectivity index (χ1) is 2.77. The third-order valence-electron chi connectivity index (χ3n) is 0.415. The predicted octanol–water partition coefficient (Wildman–Crippen LogP) is -0.194. The van der Waals surface area contributed by atoms with Gasteiger partial charge in [-0.25, -0.2) is 0 Å². The number of hydrogen-bond acceptors (Lipinski definition) is 2. The van der Waals surface area contributed by atoms with Crippen molar-refractivity contribution in [1.82, 2.24) is 0 Å². The summed E-state index contributed by atoms with van der Waals surface area (Å²) >= 11 is 0. The molecule has 6 heavy (non-hydrogen) atoms. The highest BCUT2D eigenvalue weighted by atomic mass is 14.8. The Morgan fingerprint density at radius 2 is 2.00 bits per heavy atom. The van der Waals surface area contributed by atoms with Gasteiger partial charge >= 0.3 is 0 Å². The van der Waals surface area contributed by atoms with Crippen LogP contribution < -0.4 is 11.5 Å². The molecule has 4 N–H and O–H groups in total. The zero-order valence-corrected chi connectivity index (χ0v) is 3.89. The standard InChI is InChI=1S/C4H10N2/c1-2-3-4(5)6/h2-4H,5-6H2,1H3. The van der Waals surface area contributed by atoms with E-state index in [9.17, 15) is 0 Å². The van der Waals surface area contributed by atoms with E-state index in [1.807, 2.05) is 13.0 Å². The van der Waals surface area contributed by atoms with Gasteiger partial charge in [-0.2, -0.15) is 0 Å². The summed E-state index contributed by atoms with van der Waals surface area (Å²) < 4.78 is 0. The molecule has 0 aliphatic heterocycles. The van der Waals surface area contributed by atoms with Crippen LogP contribution in [-0.4, -0.2) is 6.17 Å². The smallest absolute Gasteiger partial charge is 0.0713 e. The second-order valence-corrected chi connectivity index (χ2v) is 1.10. The monoisotopic (exact) mass is 86.1 g/mol. The Morgan fingerprint density at radius 1 is 1.50 bits per heavy atom. The molecule has 0 saturated carbocycles. The highest BCUT2D eigenvalue weighted by Gasteiger charge is 1.75. The van der Waals surface area contributed by atoms with Gasteiger partial charge in [0, 0.05) is 0 Å². The van der Waals surface area contributed by atoms with Crippen LogP contribution in [0.25, 0.3) is 0 Å². The van der Waals surface area contributed by atoms with Gasteiger partial charge in [0.1, 0.15) is 0 Å². The van der Waals surface area contributed by atoms with Crippen molar-refractivity contribution in [3.63, 3.8) is 0 Å². The minimum Gasteiger partial charge on any atom is -0.313 e. The average Bonchev–Trinajstić information content (AvgIpc) is 1.35. The van der Waals surface area contributed by atoms with Crippen LogP contribution in [0.4, 0.5) is 0 Å². The summed E-state index contributed by atoms with van der Waals surface area (Å²) in [6.45, 7) is 1.88. The van der Waals surface area contributed by atoms with Gasteiger partial charge < -0.3 is 11.5 Å². The number of nitrogens with two attached hydrogens (primary N) is 2. The molecule has 0 amide bonds. The molecule has 0 rings (SSSR count). The minimum atomic E-state index is -0.282. The van der Waals surface area contributed by atoms with E-state index < -0.39 is 0 Å². The van der Waals surface area contributed by atoms with Gasteiger partial charge in [0.15, 0.2) is 0 Å². The SMILES string of the molecule is CC=CC(N)N. The lowest BCUT2D eigenvalue weighted by atomic mass is 10.5. The van der Waals surface area contributed by atoms with E-state index >= 15 is 0 Å². The summed E-state index contributed by atoms with van der Waals surface area (Å²) in [5.74, 6) is 0. The topological polar surface area (TPSA) is 52.0 Å². The third-order valence-corrected chi connectivity index (χ3v) is 0.415. The minimum absolute atomic E-state index is 0.282. The first-order valence-corrected chi connectivity index (χ1v) is 1.91. The Hall–Kier alpha value is -0.340. The summed E-state index contributed by atoms with van der Waals surface area (Å²) in [5, 5.41) is 0. The van der Waals surface area contributed by atoms with E-state index in [-0.39, 0.29) is 6.17 Å². The Labute approximate surface area is 37.8 Å². The first-order valence-electron chi connectivity index (χ1n) is 1.91. The van der Waals surface area contributed by atoms with Gasteiger partial charge in [-0.3, -0.25) is 0 Å². The van der Waals surface area contributed by atoms with Gasteiger partial charge in [0.05, 0.1) is 6.17 Å². The Kier molecular flexibility index (Phi) is 2.71. The molecule has 2 heteroatoms. The summed E-state index contributed by atoms with van der Waals surface area (Å²) in [6.07, 6.45) is 3.26. The van der Waals surface area contributed by atoms with E-state index in [2.05, 4.69) is 0 Å². The van der Waals surface area contributed by atoms with Crippen LogP contribution in [-0.2, 0) is 0 Å². The highest BCUT2D eigenvalue weighted by Crippen LogP contribution is 1.66. The van der Waals surface area contributed by atoms with Crippen molar-refractivity contribution in [3.05, 3.63) is 12.2 Å². The van der Waals surface area contributed by atoms with E-state index in [1.54, 1.807) is 6.08 Å². The lowest BCUT2D eigenvalue weighted by Crippen LogP contribution is -2.27. The summed E-state index contributed by atoms with van der Waals surface area (Å²) in [6, 6.07) is 0. The summed E-state index contributed by atoms with van der Waals surface area (Å²) in [4.78, 5) is 0. The molecule has 0 saturated heterocycles. The van der Waals surface area contributed by atoms with Crippen LogP contribution in [0, 0.1) is 0 Å². The first kappa shape index (κ1) is 5.66. The maximum absolute atomic E-state index is 5.09. The molecule has 0 aromatic rings. The molecule has 0 aromatic heterocycles. The quantitative estimate of drug-likeness (QED) is 0.343. The third kappa shape index (κ3) is 3.66. The average molecular weight is 86.1 g/mol. The molecule has 0 aliphatic rings. The fourth-order valence-electron chi connectivity index (χ4n) is 0.222. The molecule has 0 radical (unpaired) electrons. The van der Waals surface area contributed by atoms with Crippen molar-refractivity contribution in [2.24, 2.45) is 11.5 Å². The van der Waals surface area contributed by atoms with E-state index in [0.717, 1.165) is 0 Å². The second kappa shape index (κ2) is 2.87. The normalized spacial score (nSPS) is 11.3. The van der Waals surface area contributed by atoms with Gasteiger partial charge in [0.2, 0.25) is 0 Å². The maximum atomic E-state index is 5.09. The Bertz CT molecular complexity index is 47.5. The van der Waals surface area contributed by atoms with Crippen LogP contribution in [0.15, 0.2) is 12.2 Å². The summed E-state index contributed by atoms with van der Waals surface area (Å²) in [7, 11) is 0. The molecule has 2 nitrogen and oxygen atoms in total. The molecule has 0 aromatic carbocycles. The lowest BCUT2D eigenvalue weighted by molar-refractivity contribution is 0.874. The molecule has 0 fully saturated rings. The van der Waals surface area contributed by atoms with E-state index in [1.165, 1.54) is 0 Å². The molecule has 0 atom stereocenters.